The third-order valence-electron chi connectivity index (χ3n) is 3.39. The van der Waals surface area contributed by atoms with Crippen LogP contribution in [0.1, 0.15) is 11.1 Å². The van der Waals surface area contributed by atoms with E-state index < -0.39 is 0 Å². The van der Waals surface area contributed by atoms with Gasteiger partial charge in [-0.15, -0.1) is 0 Å². The van der Waals surface area contributed by atoms with Gasteiger partial charge in [-0.1, -0.05) is 18.2 Å². The normalized spacial score (nSPS) is 12.7. The molecule has 2 aromatic rings. The maximum atomic E-state index is 13.4. The number of nitrogens with two attached hydrogens (primary N) is 1. The number of halogens is 1. The van der Waals surface area contributed by atoms with Crippen molar-refractivity contribution in [2.45, 2.75) is 13.0 Å². The molecule has 0 amide bonds. The number of quaternary nitrogens is 1. The van der Waals surface area contributed by atoms with Gasteiger partial charge in [-0.3, -0.25) is 0 Å². The topological polar surface area (TPSA) is 35.1 Å². The van der Waals surface area contributed by atoms with Crippen LogP contribution in [0, 0.1) is 5.82 Å². The van der Waals surface area contributed by atoms with Crippen LogP contribution in [0.25, 0.3) is 0 Å². The predicted octanol–water partition coefficient (Wildman–Crippen LogP) is 1.86. The minimum Gasteiger partial charge on any atom is -0.454 e. The van der Waals surface area contributed by atoms with Crippen molar-refractivity contribution < 1.29 is 19.2 Å². The van der Waals surface area contributed by atoms with Gasteiger partial charge in [-0.2, -0.15) is 0 Å². The van der Waals surface area contributed by atoms with Gasteiger partial charge >= 0.3 is 0 Å². The predicted molar refractivity (Wildman–Crippen MR) is 73.2 cm³/mol. The molecule has 0 fully saturated rings. The summed E-state index contributed by atoms with van der Waals surface area (Å²) in [6.45, 7) is 2.01. The smallest absolute Gasteiger partial charge is 0.231 e. The van der Waals surface area contributed by atoms with Gasteiger partial charge in [0.2, 0.25) is 6.79 Å². The fourth-order valence-corrected chi connectivity index (χ4v) is 2.30. The second-order valence-electron chi connectivity index (χ2n) is 4.81. The first-order chi connectivity index (χ1) is 9.83. The molecule has 0 aliphatic carbocycles. The van der Waals surface area contributed by atoms with Gasteiger partial charge in [0, 0.05) is 12.0 Å². The van der Waals surface area contributed by atoms with Gasteiger partial charge in [0.15, 0.2) is 11.5 Å². The molecule has 0 bridgehead atoms. The zero-order chi connectivity index (χ0) is 13.8. The molecule has 2 N–H and O–H groups in total. The van der Waals surface area contributed by atoms with Gasteiger partial charge in [-0.25, -0.2) is 4.39 Å². The highest BCUT2D eigenvalue weighted by atomic mass is 19.1. The molecule has 0 saturated heterocycles. The summed E-state index contributed by atoms with van der Waals surface area (Å²) in [6.07, 6.45) is 0.733. The van der Waals surface area contributed by atoms with Gasteiger partial charge in [0.1, 0.15) is 12.4 Å². The molecule has 0 spiro atoms. The molecule has 20 heavy (non-hydrogen) atoms. The molecule has 0 unspecified atom stereocenters. The summed E-state index contributed by atoms with van der Waals surface area (Å²) in [5.41, 5.74) is 1.96. The van der Waals surface area contributed by atoms with Crippen LogP contribution in [0.3, 0.4) is 0 Å². The largest absolute Gasteiger partial charge is 0.454 e. The van der Waals surface area contributed by atoms with Crippen molar-refractivity contribution in [3.8, 4) is 11.5 Å². The second-order valence-corrected chi connectivity index (χ2v) is 4.81. The number of benzene rings is 2. The van der Waals surface area contributed by atoms with Crippen LogP contribution in [-0.2, 0) is 13.0 Å². The third kappa shape index (κ3) is 2.91. The Morgan fingerprint density at radius 3 is 2.80 bits per heavy atom. The lowest BCUT2D eigenvalue weighted by molar-refractivity contribution is -0.670. The lowest BCUT2D eigenvalue weighted by Gasteiger charge is -2.04. The summed E-state index contributed by atoms with van der Waals surface area (Å²) in [5, 5.41) is 2.17. The SMILES string of the molecule is Fc1ccccc1CC[NH2+]Cc1ccc2c(c1)OCO2. The Kier molecular flexibility index (Phi) is 3.83. The van der Waals surface area contributed by atoms with Crippen molar-refractivity contribution in [2.75, 3.05) is 13.3 Å². The highest BCUT2D eigenvalue weighted by molar-refractivity contribution is 5.44. The molecule has 1 heterocycles. The molecule has 2 aromatic carbocycles. The summed E-state index contributed by atoms with van der Waals surface area (Å²) in [5.74, 6) is 1.49. The lowest BCUT2D eigenvalue weighted by Crippen LogP contribution is -2.83. The minimum atomic E-state index is -0.121. The van der Waals surface area contributed by atoms with Crippen molar-refractivity contribution in [3.05, 3.63) is 59.4 Å². The van der Waals surface area contributed by atoms with Crippen molar-refractivity contribution in [1.29, 1.82) is 0 Å². The van der Waals surface area contributed by atoms with Crippen LogP contribution in [-0.4, -0.2) is 13.3 Å². The maximum Gasteiger partial charge on any atom is 0.231 e. The van der Waals surface area contributed by atoms with E-state index in [1.54, 1.807) is 6.07 Å². The first kappa shape index (κ1) is 12.9. The van der Waals surface area contributed by atoms with E-state index in [2.05, 4.69) is 5.32 Å². The minimum absolute atomic E-state index is 0.121. The summed E-state index contributed by atoms with van der Waals surface area (Å²) >= 11 is 0. The lowest BCUT2D eigenvalue weighted by atomic mass is 10.1. The van der Waals surface area contributed by atoms with Gasteiger partial charge < -0.3 is 14.8 Å². The maximum absolute atomic E-state index is 13.4. The number of fused-ring (bicyclic) bond motifs is 1. The molecule has 3 nitrogen and oxygen atoms in total. The molecule has 3 rings (SSSR count). The van der Waals surface area contributed by atoms with E-state index in [0.29, 0.717) is 6.79 Å². The number of ether oxygens (including phenoxy) is 2. The van der Waals surface area contributed by atoms with E-state index in [1.165, 1.54) is 11.6 Å². The van der Waals surface area contributed by atoms with Crippen LogP contribution in [0.15, 0.2) is 42.5 Å². The summed E-state index contributed by atoms with van der Waals surface area (Å²) < 4.78 is 24.1. The molecule has 0 saturated carbocycles. The zero-order valence-corrected chi connectivity index (χ0v) is 11.1. The Labute approximate surface area is 117 Å². The molecule has 0 aromatic heterocycles. The van der Waals surface area contributed by atoms with Gasteiger partial charge in [-0.05, 0) is 29.8 Å². The molecule has 104 valence electrons. The fraction of sp³-hybridized carbons (Fsp3) is 0.250. The van der Waals surface area contributed by atoms with E-state index >= 15 is 0 Å². The van der Waals surface area contributed by atoms with Crippen LogP contribution < -0.4 is 14.8 Å². The van der Waals surface area contributed by atoms with E-state index in [1.807, 2.05) is 30.3 Å². The zero-order valence-electron chi connectivity index (χ0n) is 11.1. The summed E-state index contributed by atoms with van der Waals surface area (Å²) in [7, 11) is 0. The number of rotatable bonds is 5. The molecular weight excluding hydrogens is 257 g/mol. The highest BCUT2D eigenvalue weighted by Gasteiger charge is 2.13. The molecule has 1 aliphatic heterocycles. The second kappa shape index (κ2) is 5.92. The Balaban J connectivity index is 1.49. The van der Waals surface area contributed by atoms with Crippen LogP contribution in [0.4, 0.5) is 4.39 Å². The Hall–Kier alpha value is -2.07. The average molecular weight is 274 g/mol. The van der Waals surface area contributed by atoms with Crippen molar-refractivity contribution >= 4 is 0 Å². The van der Waals surface area contributed by atoms with Crippen molar-refractivity contribution in [3.63, 3.8) is 0 Å². The van der Waals surface area contributed by atoms with E-state index in [-0.39, 0.29) is 5.82 Å². The first-order valence-electron chi connectivity index (χ1n) is 6.76. The van der Waals surface area contributed by atoms with Crippen LogP contribution in [0.5, 0.6) is 11.5 Å². The van der Waals surface area contributed by atoms with Gasteiger partial charge in [0.25, 0.3) is 0 Å². The summed E-state index contributed by atoms with van der Waals surface area (Å²) in [6, 6.07) is 12.9. The van der Waals surface area contributed by atoms with E-state index in [0.717, 1.165) is 36.6 Å². The van der Waals surface area contributed by atoms with E-state index in [9.17, 15) is 4.39 Å². The Bertz CT molecular complexity index is 601. The Morgan fingerprint density at radius 2 is 1.90 bits per heavy atom. The number of hydrogen-bond acceptors (Lipinski definition) is 2. The van der Waals surface area contributed by atoms with Crippen LogP contribution >= 0.6 is 0 Å². The molecule has 0 radical (unpaired) electrons. The molecule has 4 heteroatoms. The number of hydrogen-bond donors (Lipinski definition) is 1. The molecule has 0 atom stereocenters. The van der Waals surface area contributed by atoms with Gasteiger partial charge in [0.05, 0.1) is 6.54 Å². The fourth-order valence-electron chi connectivity index (χ4n) is 2.30. The first-order valence-corrected chi connectivity index (χ1v) is 6.76. The van der Waals surface area contributed by atoms with Crippen LogP contribution in [0.2, 0.25) is 0 Å². The monoisotopic (exact) mass is 274 g/mol. The van der Waals surface area contributed by atoms with Crippen molar-refractivity contribution in [1.82, 2.24) is 0 Å². The Morgan fingerprint density at radius 1 is 1.05 bits per heavy atom. The quantitative estimate of drug-likeness (QED) is 0.845. The summed E-state index contributed by atoms with van der Waals surface area (Å²) in [4.78, 5) is 0. The average Bonchev–Trinajstić information content (AvgIpc) is 2.93. The molecule has 1 aliphatic rings. The standard InChI is InChI=1S/C16H16FNO2/c17-14-4-2-1-3-13(14)7-8-18-10-12-5-6-15-16(9-12)20-11-19-15/h1-6,9,18H,7-8,10-11H2/p+1. The van der Waals surface area contributed by atoms with E-state index in [4.69, 9.17) is 9.47 Å². The third-order valence-corrected chi connectivity index (χ3v) is 3.39. The van der Waals surface area contributed by atoms with Crippen molar-refractivity contribution in [2.24, 2.45) is 0 Å². The molecular formula is C16H17FNO2+. The highest BCUT2D eigenvalue weighted by Crippen LogP contribution is 2.32.